The van der Waals surface area contributed by atoms with E-state index in [1.54, 1.807) is 38.5 Å². The first-order valence-electron chi connectivity index (χ1n) is 22.5. The predicted molar refractivity (Wildman–Crippen MR) is 252 cm³/mol. The number of benzene rings is 2. The van der Waals surface area contributed by atoms with Gasteiger partial charge in [-0.1, -0.05) is 116 Å². The highest BCUT2D eigenvalue weighted by molar-refractivity contribution is 5.45. The summed E-state index contributed by atoms with van der Waals surface area (Å²) in [5, 5.41) is 0. The van der Waals surface area contributed by atoms with Gasteiger partial charge in [-0.15, -0.1) is 0 Å². The number of nitrogens with two attached hydrogens (primary N) is 2. The zero-order valence-corrected chi connectivity index (χ0v) is 37.8. The van der Waals surface area contributed by atoms with Crippen LogP contribution in [0.1, 0.15) is 119 Å². The summed E-state index contributed by atoms with van der Waals surface area (Å²) in [5.74, 6) is 7.92. The summed E-state index contributed by atoms with van der Waals surface area (Å²) in [6.07, 6.45) is 31.8. The molecule has 4 saturated carbocycles. The van der Waals surface area contributed by atoms with E-state index in [0.29, 0.717) is 10.8 Å². The molecule has 0 saturated heterocycles. The van der Waals surface area contributed by atoms with Crippen LogP contribution >= 0.6 is 0 Å². The van der Waals surface area contributed by atoms with Gasteiger partial charge in [-0.05, 0) is 177 Å². The number of methoxy groups -OCH3 is 2. The van der Waals surface area contributed by atoms with Gasteiger partial charge in [-0.2, -0.15) is 0 Å². The second-order valence-corrected chi connectivity index (χ2v) is 18.9. The minimum absolute atomic E-state index is 0.00126. The fraction of sp³-hybridized carbons (Fsp3) is 0.556. The van der Waals surface area contributed by atoms with Crippen molar-refractivity contribution in [3.63, 3.8) is 0 Å². The van der Waals surface area contributed by atoms with Gasteiger partial charge in [0.2, 0.25) is 0 Å². The van der Waals surface area contributed by atoms with E-state index in [0.717, 1.165) is 64.3 Å². The molecule has 0 aromatic heterocycles. The van der Waals surface area contributed by atoms with Gasteiger partial charge in [0.1, 0.15) is 11.5 Å². The summed E-state index contributed by atoms with van der Waals surface area (Å²) in [6.45, 7) is 27.6. The topological polar surface area (TPSA) is 70.5 Å². The first-order valence-corrected chi connectivity index (χ1v) is 22.5. The molecule has 9 atom stereocenters. The average Bonchev–Trinajstić information content (AvgIpc) is 3.58. The summed E-state index contributed by atoms with van der Waals surface area (Å²) in [4.78, 5) is 0. The number of ether oxygens (including phenoxy) is 2. The average molecular weight is 789 g/mol. The van der Waals surface area contributed by atoms with Crippen LogP contribution in [0.25, 0.3) is 0 Å². The summed E-state index contributed by atoms with van der Waals surface area (Å²) < 4.78 is 9.83. The lowest BCUT2D eigenvalue weighted by Gasteiger charge is -2.63. The van der Waals surface area contributed by atoms with Crippen molar-refractivity contribution in [2.75, 3.05) is 25.7 Å². The molecule has 6 rings (SSSR count). The van der Waals surface area contributed by atoms with Gasteiger partial charge in [-0.25, -0.2) is 0 Å². The Kier molecular flexibility index (Phi) is 17.2. The van der Waals surface area contributed by atoms with Crippen LogP contribution in [0.5, 0.6) is 11.5 Å². The zero-order chi connectivity index (χ0) is 42.5. The molecule has 0 radical (unpaired) electrons. The molecule has 58 heavy (non-hydrogen) atoms. The largest absolute Gasteiger partial charge is 0.497 e. The molecule has 4 fully saturated rings. The van der Waals surface area contributed by atoms with E-state index in [9.17, 15) is 0 Å². The second kappa shape index (κ2) is 21.4. The molecule has 0 spiro atoms. The predicted octanol–water partition coefficient (Wildman–Crippen LogP) is 14.6. The molecular weight excluding hydrogens is 709 g/mol. The Hall–Kier alpha value is -3.92. The number of hydrogen-bond donors (Lipinski definition) is 2. The van der Waals surface area contributed by atoms with Crippen LogP contribution in [0, 0.1) is 57.7 Å². The summed E-state index contributed by atoms with van der Waals surface area (Å²) >= 11 is 0. The minimum atomic E-state index is 0.00126. The van der Waals surface area contributed by atoms with Crippen LogP contribution in [0.2, 0.25) is 0 Å². The Balaban J connectivity index is 0.000000336. The normalized spacial score (nSPS) is 30.9. The van der Waals surface area contributed by atoms with Gasteiger partial charge in [0.05, 0.1) is 14.2 Å². The fourth-order valence-electron chi connectivity index (χ4n) is 12.4. The highest BCUT2D eigenvalue weighted by Crippen LogP contribution is 2.70. The lowest BCUT2D eigenvalue weighted by molar-refractivity contribution is -0.125. The molecule has 4 aliphatic rings. The Labute approximate surface area is 355 Å². The van der Waals surface area contributed by atoms with E-state index < -0.39 is 0 Å². The number of nitrogen functional groups attached to an aromatic ring is 2. The number of anilines is 2. The smallest absolute Gasteiger partial charge is 0.119 e. The Bertz CT molecular complexity index is 1660. The van der Waals surface area contributed by atoms with Crippen molar-refractivity contribution < 1.29 is 9.47 Å². The Morgan fingerprint density at radius 1 is 0.724 bits per heavy atom. The van der Waals surface area contributed by atoms with Crippen molar-refractivity contribution in [3.8, 4) is 11.5 Å². The number of fused-ring (bicyclic) bond motifs is 5. The number of hydrogen-bond acceptors (Lipinski definition) is 4. The second-order valence-electron chi connectivity index (χ2n) is 18.9. The van der Waals surface area contributed by atoms with Crippen LogP contribution in [0.15, 0.2) is 122 Å². The third kappa shape index (κ3) is 10.6. The molecular formula is C54H80N2O2. The minimum Gasteiger partial charge on any atom is -0.497 e. The molecule has 4 aliphatic carbocycles. The van der Waals surface area contributed by atoms with Crippen molar-refractivity contribution in [3.05, 3.63) is 122 Å². The Morgan fingerprint density at radius 3 is 1.81 bits per heavy atom. The summed E-state index contributed by atoms with van der Waals surface area (Å²) in [6, 6.07) is 14.5. The first kappa shape index (κ1) is 46.8. The van der Waals surface area contributed by atoms with Crippen molar-refractivity contribution in [1.82, 2.24) is 0 Å². The zero-order valence-electron chi connectivity index (χ0n) is 37.8. The van der Waals surface area contributed by atoms with Gasteiger partial charge >= 0.3 is 0 Å². The maximum absolute atomic E-state index is 5.43. The van der Waals surface area contributed by atoms with Gasteiger partial charge in [0.15, 0.2) is 0 Å². The van der Waals surface area contributed by atoms with Gasteiger partial charge in [-0.3, -0.25) is 0 Å². The first-order chi connectivity index (χ1) is 27.8. The third-order valence-corrected chi connectivity index (χ3v) is 15.5. The van der Waals surface area contributed by atoms with Crippen LogP contribution in [-0.2, 0) is 0 Å². The molecule has 0 bridgehead atoms. The van der Waals surface area contributed by atoms with Crippen molar-refractivity contribution >= 4 is 11.4 Å². The molecule has 4 nitrogen and oxygen atoms in total. The Morgan fingerprint density at radius 2 is 1.29 bits per heavy atom. The van der Waals surface area contributed by atoms with Crippen molar-refractivity contribution in [2.24, 2.45) is 57.7 Å². The van der Waals surface area contributed by atoms with E-state index >= 15 is 0 Å². The molecule has 0 heterocycles. The van der Waals surface area contributed by atoms with E-state index in [2.05, 4.69) is 97.7 Å². The van der Waals surface area contributed by atoms with E-state index in [1.807, 2.05) is 30.3 Å². The van der Waals surface area contributed by atoms with Crippen LogP contribution < -0.4 is 20.9 Å². The maximum Gasteiger partial charge on any atom is 0.119 e. The number of allylic oxidation sites excluding steroid dienone is 9. The highest BCUT2D eigenvalue weighted by Gasteiger charge is 2.62. The summed E-state index contributed by atoms with van der Waals surface area (Å²) in [7, 11) is 3.26. The maximum atomic E-state index is 5.43. The molecule has 4 heteroatoms. The number of rotatable bonds is 13. The molecule has 2 aromatic carbocycles. The quantitative estimate of drug-likeness (QED) is 0.157. The van der Waals surface area contributed by atoms with Crippen molar-refractivity contribution in [1.29, 1.82) is 0 Å². The molecule has 0 amide bonds. The SMILES string of the molecule is C=C/C=C(\C=C)C1(/C(C=C)=C/C=C\C)CCC2(C)C(CCC3C2CCC2(C)C(C(C)CCCC(C)C)CCC32)C1.COc1ccc(N)cc1.COc1ccc(N)cc1. The molecule has 9 unspecified atom stereocenters. The molecule has 0 aliphatic heterocycles. The van der Waals surface area contributed by atoms with Gasteiger partial charge in [0.25, 0.3) is 0 Å². The standard InChI is InChI=1S/C40H62.2C7H9NO/c1-10-14-19-32(13-4)40(31(12-3)16-11-2)27-26-38(8)33(28-40)20-21-34-36-23-22-35(30(7)18-15-17-29(5)6)39(36,9)25-24-37(34)38;2*1-9-7-4-2-6(8)3-5-7/h10-14,16,19,29-30,33-37H,2-4,15,17-18,20-28H2,1,5-9H3;2*2-5H,8H2,1H3/b14-10-,31-16+,32-19+;;. The molecule has 2 aromatic rings. The molecule has 318 valence electrons. The lowest BCUT2D eigenvalue weighted by Crippen LogP contribution is -2.55. The van der Waals surface area contributed by atoms with Gasteiger partial charge in [0, 0.05) is 16.8 Å². The third-order valence-electron chi connectivity index (χ3n) is 15.5. The van der Waals surface area contributed by atoms with Crippen LogP contribution in [0.3, 0.4) is 0 Å². The monoisotopic (exact) mass is 789 g/mol. The van der Waals surface area contributed by atoms with Gasteiger partial charge < -0.3 is 20.9 Å². The summed E-state index contributed by atoms with van der Waals surface area (Å²) in [5.41, 5.74) is 16.1. The van der Waals surface area contributed by atoms with E-state index in [1.165, 1.54) is 88.2 Å². The molecule has 4 N–H and O–H groups in total. The van der Waals surface area contributed by atoms with Crippen LogP contribution in [-0.4, -0.2) is 14.2 Å². The fourth-order valence-corrected chi connectivity index (χ4v) is 12.4. The lowest BCUT2D eigenvalue weighted by atomic mass is 9.41. The highest BCUT2D eigenvalue weighted by atomic mass is 16.5. The van der Waals surface area contributed by atoms with E-state index in [4.69, 9.17) is 20.9 Å². The van der Waals surface area contributed by atoms with Crippen LogP contribution in [0.4, 0.5) is 11.4 Å². The van der Waals surface area contributed by atoms with Crippen molar-refractivity contribution in [2.45, 2.75) is 119 Å². The van der Waals surface area contributed by atoms with E-state index in [-0.39, 0.29) is 5.41 Å².